The quantitative estimate of drug-likeness (QED) is 0.497. The molecule has 0 bridgehead atoms. The number of nitrogens with two attached hydrogens (primary N) is 2. The van der Waals surface area contributed by atoms with Crippen LogP contribution in [0.3, 0.4) is 0 Å². The van der Waals surface area contributed by atoms with Crippen LogP contribution in [-0.2, 0) is 6.61 Å². The van der Waals surface area contributed by atoms with Crippen molar-refractivity contribution in [2.24, 2.45) is 11.5 Å². The number of hydrogen-bond acceptors (Lipinski definition) is 3. The minimum atomic E-state index is -0.116. The van der Waals surface area contributed by atoms with Crippen molar-refractivity contribution in [1.29, 1.82) is 10.8 Å². The number of nitrogen functional groups attached to an aromatic ring is 2. The molecular formula is C15H14Cl2N4O. The SMILES string of the molecule is N=C(N)c1ccc(COc2c(Cl)cc(C(=N)N)cc2Cl)cc1. The predicted molar refractivity (Wildman–Crippen MR) is 89.3 cm³/mol. The highest BCUT2D eigenvalue weighted by atomic mass is 35.5. The first-order valence-electron chi connectivity index (χ1n) is 6.28. The fraction of sp³-hybridized carbons (Fsp3) is 0.0667. The molecule has 114 valence electrons. The maximum Gasteiger partial charge on any atom is 0.157 e. The zero-order valence-corrected chi connectivity index (χ0v) is 13.0. The van der Waals surface area contributed by atoms with Crippen LogP contribution in [0.15, 0.2) is 36.4 Å². The summed E-state index contributed by atoms with van der Waals surface area (Å²) in [7, 11) is 0. The van der Waals surface area contributed by atoms with Crippen LogP contribution in [0.5, 0.6) is 5.75 Å². The second-order valence-corrected chi connectivity index (χ2v) is 5.40. The van der Waals surface area contributed by atoms with Gasteiger partial charge in [-0.3, -0.25) is 10.8 Å². The zero-order valence-electron chi connectivity index (χ0n) is 11.5. The standard InChI is InChI=1S/C15H14Cl2N4O/c16-11-5-10(15(20)21)6-12(17)13(11)22-7-8-1-3-9(4-2-8)14(18)19/h1-6H,7H2,(H3,18,19)(H3,20,21). The van der Waals surface area contributed by atoms with Crippen molar-refractivity contribution in [3.63, 3.8) is 0 Å². The van der Waals surface area contributed by atoms with E-state index >= 15 is 0 Å². The van der Waals surface area contributed by atoms with Gasteiger partial charge in [-0.25, -0.2) is 0 Å². The van der Waals surface area contributed by atoms with Gasteiger partial charge in [0.2, 0.25) is 0 Å². The Hall–Kier alpha value is -2.24. The summed E-state index contributed by atoms with van der Waals surface area (Å²) in [5.41, 5.74) is 12.8. The van der Waals surface area contributed by atoms with Crippen molar-refractivity contribution in [3.8, 4) is 5.75 Å². The summed E-state index contributed by atoms with van der Waals surface area (Å²) in [6, 6.07) is 10.2. The monoisotopic (exact) mass is 336 g/mol. The first-order valence-corrected chi connectivity index (χ1v) is 7.03. The molecule has 0 saturated carbocycles. The van der Waals surface area contributed by atoms with Crippen LogP contribution < -0.4 is 16.2 Å². The second-order valence-electron chi connectivity index (χ2n) is 4.58. The lowest BCUT2D eigenvalue weighted by molar-refractivity contribution is 0.306. The molecule has 0 aliphatic carbocycles. The number of hydrogen-bond donors (Lipinski definition) is 4. The van der Waals surface area contributed by atoms with Gasteiger partial charge in [-0.05, 0) is 17.7 Å². The van der Waals surface area contributed by atoms with Crippen molar-refractivity contribution < 1.29 is 4.74 Å². The summed E-state index contributed by atoms with van der Waals surface area (Å²) >= 11 is 12.2. The first kappa shape index (κ1) is 16.1. The summed E-state index contributed by atoms with van der Waals surface area (Å²) in [5.74, 6) is 0.234. The summed E-state index contributed by atoms with van der Waals surface area (Å²) in [4.78, 5) is 0. The number of rotatable bonds is 5. The third-order valence-electron chi connectivity index (χ3n) is 2.96. The molecule has 0 amide bonds. The van der Waals surface area contributed by atoms with E-state index < -0.39 is 0 Å². The number of amidine groups is 2. The van der Waals surface area contributed by atoms with E-state index in [2.05, 4.69) is 0 Å². The van der Waals surface area contributed by atoms with Crippen molar-refractivity contribution in [1.82, 2.24) is 0 Å². The Morgan fingerprint density at radius 1 is 0.909 bits per heavy atom. The molecule has 0 aliphatic heterocycles. The second kappa shape index (κ2) is 6.68. The van der Waals surface area contributed by atoms with Gasteiger partial charge in [-0.15, -0.1) is 0 Å². The highest BCUT2D eigenvalue weighted by Gasteiger charge is 2.11. The van der Waals surface area contributed by atoms with Crippen LogP contribution in [0.2, 0.25) is 10.0 Å². The average molecular weight is 337 g/mol. The Morgan fingerprint density at radius 2 is 1.41 bits per heavy atom. The number of ether oxygens (including phenoxy) is 1. The lowest BCUT2D eigenvalue weighted by Gasteiger charge is -2.12. The van der Waals surface area contributed by atoms with Crippen molar-refractivity contribution in [2.75, 3.05) is 0 Å². The van der Waals surface area contributed by atoms with Crippen LogP contribution in [0.1, 0.15) is 16.7 Å². The van der Waals surface area contributed by atoms with Gasteiger partial charge in [-0.2, -0.15) is 0 Å². The van der Waals surface area contributed by atoms with Gasteiger partial charge < -0.3 is 16.2 Å². The topological polar surface area (TPSA) is 109 Å². The minimum Gasteiger partial charge on any atom is -0.486 e. The highest BCUT2D eigenvalue weighted by molar-refractivity contribution is 6.37. The van der Waals surface area contributed by atoms with Crippen LogP contribution >= 0.6 is 23.2 Å². The zero-order chi connectivity index (χ0) is 16.3. The Morgan fingerprint density at radius 3 is 1.86 bits per heavy atom. The van der Waals surface area contributed by atoms with E-state index in [0.29, 0.717) is 16.9 Å². The van der Waals surface area contributed by atoms with Gasteiger partial charge in [0.05, 0.1) is 10.0 Å². The molecule has 2 rings (SSSR count). The van der Waals surface area contributed by atoms with Gasteiger partial charge in [0.15, 0.2) is 5.75 Å². The molecular weight excluding hydrogens is 323 g/mol. The fourth-order valence-electron chi connectivity index (χ4n) is 1.79. The maximum atomic E-state index is 7.38. The Balaban J connectivity index is 2.14. The van der Waals surface area contributed by atoms with Gasteiger partial charge in [0.1, 0.15) is 18.3 Å². The predicted octanol–water partition coefficient (Wildman–Crippen LogP) is 3.14. The normalized spacial score (nSPS) is 10.3. The third kappa shape index (κ3) is 3.69. The number of benzene rings is 2. The average Bonchev–Trinajstić information content (AvgIpc) is 2.46. The molecule has 0 fully saturated rings. The molecule has 2 aromatic carbocycles. The summed E-state index contributed by atoms with van der Waals surface area (Å²) in [6.07, 6.45) is 0. The van der Waals surface area contributed by atoms with Crippen molar-refractivity contribution in [2.45, 2.75) is 6.61 Å². The van der Waals surface area contributed by atoms with Crippen molar-refractivity contribution in [3.05, 3.63) is 63.1 Å². The van der Waals surface area contributed by atoms with E-state index in [0.717, 1.165) is 5.56 Å². The van der Waals surface area contributed by atoms with E-state index in [1.165, 1.54) is 12.1 Å². The summed E-state index contributed by atoms with van der Waals surface area (Å²) < 4.78 is 5.63. The number of halogens is 2. The lowest BCUT2D eigenvalue weighted by atomic mass is 10.1. The van der Waals surface area contributed by atoms with Crippen molar-refractivity contribution >= 4 is 34.9 Å². The molecule has 0 atom stereocenters. The van der Waals surface area contributed by atoms with E-state index in [9.17, 15) is 0 Å². The molecule has 7 heteroatoms. The molecule has 5 nitrogen and oxygen atoms in total. The molecule has 0 spiro atoms. The Kier molecular flexibility index (Phi) is 4.90. The largest absolute Gasteiger partial charge is 0.486 e. The Labute approximate surface area is 137 Å². The highest BCUT2D eigenvalue weighted by Crippen LogP contribution is 2.34. The lowest BCUT2D eigenvalue weighted by Crippen LogP contribution is -2.11. The first-order chi connectivity index (χ1) is 10.4. The van der Waals surface area contributed by atoms with E-state index in [1.54, 1.807) is 12.1 Å². The number of nitrogens with one attached hydrogen (secondary N) is 2. The molecule has 0 saturated heterocycles. The van der Waals surface area contributed by atoms with E-state index in [4.69, 9.17) is 50.2 Å². The molecule has 0 heterocycles. The van der Waals surface area contributed by atoms with Gasteiger partial charge in [-0.1, -0.05) is 47.5 Å². The Bertz CT molecular complexity index is 706. The molecule has 2 aromatic rings. The maximum absolute atomic E-state index is 7.38. The molecule has 0 aromatic heterocycles. The molecule has 22 heavy (non-hydrogen) atoms. The summed E-state index contributed by atoms with van der Waals surface area (Å²) in [6.45, 7) is 0.261. The van der Waals surface area contributed by atoms with E-state index in [-0.39, 0.29) is 28.3 Å². The van der Waals surface area contributed by atoms with Crippen LogP contribution in [0, 0.1) is 10.8 Å². The van der Waals surface area contributed by atoms with Gasteiger partial charge in [0, 0.05) is 11.1 Å². The third-order valence-corrected chi connectivity index (χ3v) is 3.52. The van der Waals surface area contributed by atoms with Crippen LogP contribution in [0.4, 0.5) is 0 Å². The molecule has 0 aliphatic rings. The smallest absolute Gasteiger partial charge is 0.157 e. The molecule has 6 N–H and O–H groups in total. The minimum absolute atomic E-state index is 0.0124. The van der Waals surface area contributed by atoms with Gasteiger partial charge >= 0.3 is 0 Å². The molecule has 0 radical (unpaired) electrons. The van der Waals surface area contributed by atoms with Crippen LogP contribution in [0.25, 0.3) is 0 Å². The van der Waals surface area contributed by atoms with Gasteiger partial charge in [0.25, 0.3) is 0 Å². The molecule has 0 unspecified atom stereocenters. The van der Waals surface area contributed by atoms with Crippen LogP contribution in [-0.4, -0.2) is 11.7 Å². The fourth-order valence-corrected chi connectivity index (χ4v) is 2.39. The summed E-state index contributed by atoms with van der Waals surface area (Å²) in [5, 5.41) is 15.3. The van der Waals surface area contributed by atoms with E-state index in [1.807, 2.05) is 12.1 Å².